The summed E-state index contributed by atoms with van der Waals surface area (Å²) in [6, 6.07) is 8.72. The Hall–Kier alpha value is -1.58. The monoisotopic (exact) mass is 339 g/mol. The lowest BCUT2D eigenvalue weighted by Crippen LogP contribution is -2.53. The van der Waals surface area contributed by atoms with Crippen molar-refractivity contribution in [3.63, 3.8) is 0 Å². The number of para-hydroxylation sites is 1. The molecule has 1 aliphatic rings. The van der Waals surface area contributed by atoms with Crippen LogP contribution in [0.2, 0.25) is 0 Å². The maximum Gasteiger partial charge on any atom is 0.0486 e. The lowest BCUT2D eigenvalue weighted by atomic mass is 9.79. The van der Waals surface area contributed by atoms with E-state index in [4.69, 9.17) is 5.73 Å². The van der Waals surface area contributed by atoms with Crippen molar-refractivity contribution in [2.45, 2.75) is 71.0 Å². The van der Waals surface area contributed by atoms with Crippen molar-refractivity contribution in [1.29, 1.82) is 0 Å². The molecule has 3 rings (SSSR count). The van der Waals surface area contributed by atoms with Crippen molar-refractivity contribution in [1.82, 2.24) is 9.88 Å². The van der Waals surface area contributed by atoms with Crippen LogP contribution in [0, 0.1) is 0 Å². The summed E-state index contributed by atoms with van der Waals surface area (Å²) >= 11 is 0. The number of nitrogens with one attached hydrogen (secondary N) is 1. The van der Waals surface area contributed by atoms with E-state index >= 15 is 0 Å². The maximum atomic E-state index is 6.42. The number of nitrogens with two attached hydrogens (primary N) is 1. The molecule has 3 N–H and O–H groups in total. The summed E-state index contributed by atoms with van der Waals surface area (Å²) in [5.74, 6) is 0. The first-order chi connectivity index (χ1) is 11.4. The second kappa shape index (κ2) is 5.72. The molecule has 0 fully saturated rings. The lowest BCUT2D eigenvalue weighted by Gasteiger charge is -2.41. The summed E-state index contributed by atoms with van der Waals surface area (Å²) in [6.45, 7) is 13.3. The van der Waals surface area contributed by atoms with Crippen LogP contribution in [0.5, 0.6) is 0 Å². The van der Waals surface area contributed by atoms with E-state index < -0.39 is 0 Å². The Morgan fingerprint density at radius 2 is 1.80 bits per heavy atom. The van der Waals surface area contributed by atoms with Gasteiger partial charge >= 0.3 is 0 Å². The predicted molar refractivity (Wildman–Crippen MR) is 109 cm³/mol. The van der Waals surface area contributed by atoms with E-state index in [1.54, 1.807) is 0 Å². The van der Waals surface area contributed by atoms with Crippen molar-refractivity contribution < 1.29 is 0 Å². The van der Waals surface area contributed by atoms with E-state index in [-0.39, 0.29) is 16.6 Å². The number of rotatable bonds is 3. The van der Waals surface area contributed by atoms with E-state index in [2.05, 4.69) is 88.8 Å². The topological polar surface area (TPSA) is 43.0 Å². The summed E-state index contributed by atoms with van der Waals surface area (Å²) in [6.07, 6.45) is 4.29. The largest absolute Gasteiger partial charge is 0.347 e. The van der Waals surface area contributed by atoms with Crippen molar-refractivity contribution in [2.75, 3.05) is 0 Å². The molecule has 0 aliphatic carbocycles. The fourth-order valence-electron chi connectivity index (χ4n) is 4.52. The Labute approximate surface area is 152 Å². The first-order valence-corrected chi connectivity index (χ1v) is 9.25. The van der Waals surface area contributed by atoms with Gasteiger partial charge in [0.15, 0.2) is 0 Å². The third-order valence-corrected chi connectivity index (χ3v) is 5.00. The van der Waals surface area contributed by atoms with Crippen molar-refractivity contribution in [3.8, 4) is 0 Å². The molecule has 3 nitrogen and oxygen atoms in total. The second-order valence-electron chi connectivity index (χ2n) is 9.64. The normalized spacial score (nSPS) is 19.9. The predicted octanol–water partition coefficient (Wildman–Crippen LogP) is 4.39. The van der Waals surface area contributed by atoms with Crippen LogP contribution >= 0.6 is 0 Å². The molecule has 1 aromatic carbocycles. The van der Waals surface area contributed by atoms with Crippen LogP contribution < -0.4 is 11.1 Å². The van der Waals surface area contributed by atoms with Gasteiger partial charge in [-0.2, -0.15) is 0 Å². The molecule has 0 saturated carbocycles. The summed E-state index contributed by atoms with van der Waals surface area (Å²) in [5.41, 5.74) is 11.7. The summed E-state index contributed by atoms with van der Waals surface area (Å²) in [7, 11) is 2.17. The van der Waals surface area contributed by atoms with Gasteiger partial charge in [0.05, 0.1) is 0 Å². The molecular formula is C22H33N3. The number of aromatic nitrogens is 1. The minimum atomic E-state index is -0.241. The van der Waals surface area contributed by atoms with Crippen molar-refractivity contribution in [2.24, 2.45) is 12.8 Å². The number of fused-ring (bicyclic) bond motifs is 1. The molecule has 0 radical (unpaired) electrons. The van der Waals surface area contributed by atoms with Crippen LogP contribution in [0.25, 0.3) is 16.5 Å². The number of nitrogens with zero attached hydrogens (tertiary/aromatic N) is 1. The van der Waals surface area contributed by atoms with Gasteiger partial charge in [0.1, 0.15) is 0 Å². The van der Waals surface area contributed by atoms with E-state index in [0.717, 1.165) is 12.8 Å². The Kier molecular flexibility index (Phi) is 4.17. The fraction of sp³-hybridized carbons (Fsp3) is 0.545. The number of aryl methyl sites for hydroxylation is 1. The van der Waals surface area contributed by atoms with Gasteiger partial charge < -0.3 is 15.6 Å². The maximum absolute atomic E-state index is 6.42. The highest BCUT2D eigenvalue weighted by Gasteiger charge is 2.34. The molecule has 2 heterocycles. The highest BCUT2D eigenvalue weighted by atomic mass is 15.0. The first-order valence-electron chi connectivity index (χ1n) is 9.25. The van der Waals surface area contributed by atoms with E-state index in [0.29, 0.717) is 0 Å². The summed E-state index contributed by atoms with van der Waals surface area (Å²) in [4.78, 5) is 0. The number of hydrogen-bond donors (Lipinski definition) is 2. The Balaban J connectivity index is 2.28. The average molecular weight is 340 g/mol. The molecule has 0 amide bonds. The molecule has 3 heteroatoms. The van der Waals surface area contributed by atoms with Crippen molar-refractivity contribution in [3.05, 3.63) is 41.6 Å². The molecule has 0 atom stereocenters. The number of hydrogen-bond acceptors (Lipinski definition) is 2. The zero-order valence-corrected chi connectivity index (χ0v) is 16.8. The molecule has 0 unspecified atom stereocenters. The molecule has 1 aromatic heterocycles. The smallest absolute Gasteiger partial charge is 0.0486 e. The highest BCUT2D eigenvalue weighted by Crippen LogP contribution is 2.40. The van der Waals surface area contributed by atoms with Crippen LogP contribution in [-0.2, 0) is 13.5 Å². The number of benzene rings is 1. The Morgan fingerprint density at radius 3 is 2.40 bits per heavy atom. The molecule has 0 saturated heterocycles. The van der Waals surface area contributed by atoms with Gasteiger partial charge in [0, 0.05) is 52.2 Å². The molecule has 2 aromatic rings. The molecule has 25 heavy (non-hydrogen) atoms. The lowest BCUT2D eigenvalue weighted by molar-refractivity contribution is 0.297. The second-order valence-corrected chi connectivity index (χ2v) is 9.64. The van der Waals surface area contributed by atoms with E-state index in [9.17, 15) is 0 Å². The van der Waals surface area contributed by atoms with Crippen LogP contribution in [0.4, 0.5) is 0 Å². The zero-order chi connectivity index (χ0) is 18.6. The van der Waals surface area contributed by atoms with Crippen LogP contribution in [0.15, 0.2) is 30.3 Å². The van der Waals surface area contributed by atoms with Crippen molar-refractivity contribution >= 4 is 16.5 Å². The third kappa shape index (κ3) is 3.68. The van der Waals surface area contributed by atoms with Gasteiger partial charge in [-0.15, -0.1) is 0 Å². The molecule has 1 aliphatic heterocycles. The first kappa shape index (κ1) is 18.2. The molecule has 0 spiro atoms. The fourth-order valence-corrected chi connectivity index (χ4v) is 4.52. The molecule has 136 valence electrons. The van der Waals surface area contributed by atoms with Gasteiger partial charge in [-0.3, -0.25) is 0 Å². The van der Waals surface area contributed by atoms with Gasteiger partial charge in [-0.05, 0) is 59.6 Å². The highest BCUT2D eigenvalue weighted by molar-refractivity contribution is 5.95. The summed E-state index contributed by atoms with van der Waals surface area (Å²) in [5, 5.41) is 5.08. The van der Waals surface area contributed by atoms with Gasteiger partial charge in [0.2, 0.25) is 0 Å². The van der Waals surface area contributed by atoms with Crippen LogP contribution in [-0.4, -0.2) is 21.2 Å². The minimum Gasteiger partial charge on any atom is -0.347 e. The Morgan fingerprint density at radius 1 is 1.16 bits per heavy atom. The standard InChI is InChI=1S/C22H33N3/c1-20(2,23)14-18-19(16-10-8-9-11-17(16)25(18)7)15-12-21(3,4)24-22(5,6)13-15/h8-12,24H,13-14,23H2,1-7H3. The van der Waals surface area contributed by atoms with Crippen LogP contribution in [0.3, 0.4) is 0 Å². The quantitative estimate of drug-likeness (QED) is 0.871. The van der Waals surface area contributed by atoms with E-state index in [1.165, 1.54) is 27.7 Å². The summed E-state index contributed by atoms with van der Waals surface area (Å²) < 4.78 is 2.34. The van der Waals surface area contributed by atoms with Crippen LogP contribution in [0.1, 0.15) is 59.2 Å². The van der Waals surface area contributed by atoms with Gasteiger partial charge in [0.25, 0.3) is 0 Å². The van der Waals surface area contributed by atoms with Gasteiger partial charge in [-0.1, -0.05) is 24.3 Å². The van der Waals surface area contributed by atoms with E-state index in [1.807, 2.05) is 0 Å². The molecule has 0 bridgehead atoms. The third-order valence-electron chi connectivity index (χ3n) is 5.00. The molecular weight excluding hydrogens is 306 g/mol. The minimum absolute atomic E-state index is 0.0243. The average Bonchev–Trinajstić information content (AvgIpc) is 2.67. The SMILES string of the molecule is Cn1c(CC(C)(C)N)c(C2=CC(C)(C)NC(C)(C)C2)c2ccccc21. The van der Waals surface area contributed by atoms with Gasteiger partial charge in [-0.25, -0.2) is 0 Å². The zero-order valence-electron chi connectivity index (χ0n) is 16.8. The Bertz CT molecular complexity index is 829.